The molecule has 2 spiro atoms. The van der Waals surface area contributed by atoms with Crippen LogP contribution in [-0.2, 0) is 32.4 Å². The van der Waals surface area contributed by atoms with Gasteiger partial charge in [0.15, 0.2) is 0 Å². The Balaban J connectivity index is 1.43. The average molecular weight is 531 g/mol. The third kappa shape index (κ3) is 3.92. The first-order valence-electron chi connectivity index (χ1n) is 13.9. The first-order chi connectivity index (χ1) is 18.3. The van der Waals surface area contributed by atoms with Crippen LogP contribution in [0.15, 0.2) is 18.3 Å². The first kappa shape index (κ1) is 24.9. The summed E-state index contributed by atoms with van der Waals surface area (Å²) in [5.74, 6) is 0.169. The van der Waals surface area contributed by atoms with Crippen molar-refractivity contribution in [3.05, 3.63) is 57.7 Å². The molecule has 38 heavy (non-hydrogen) atoms. The molecule has 2 aromatic heterocycles. The Bertz CT molecular complexity index is 1220. The number of hydrogen-bond donors (Lipinski definition) is 1. The summed E-state index contributed by atoms with van der Waals surface area (Å²) in [5, 5.41) is 11.6. The van der Waals surface area contributed by atoms with Crippen molar-refractivity contribution < 1.29 is 32.5 Å². The van der Waals surface area contributed by atoms with Crippen LogP contribution in [0.4, 0.5) is 13.2 Å². The summed E-state index contributed by atoms with van der Waals surface area (Å²) >= 11 is 0. The molecule has 0 aromatic carbocycles. The number of halogens is 3. The molecular weight excluding hydrogens is 497 g/mol. The summed E-state index contributed by atoms with van der Waals surface area (Å²) in [6.45, 7) is 2.36. The van der Waals surface area contributed by atoms with E-state index in [0.29, 0.717) is 44.8 Å². The topological polar surface area (TPSA) is 73.7 Å². The molecule has 2 aromatic rings. The van der Waals surface area contributed by atoms with Crippen molar-refractivity contribution in [3.8, 4) is 0 Å². The maximum Gasteiger partial charge on any atom is 0.433 e. The predicted octanol–water partition coefficient (Wildman–Crippen LogP) is 5.66. The van der Waals surface area contributed by atoms with E-state index in [-0.39, 0.29) is 11.3 Å². The number of aliphatic hydroxyl groups is 1. The van der Waals surface area contributed by atoms with Crippen LogP contribution in [0.1, 0.15) is 109 Å². The zero-order chi connectivity index (χ0) is 26.1. The number of aromatic nitrogens is 2. The molecule has 0 bridgehead atoms. The molecule has 3 aliphatic heterocycles. The van der Waals surface area contributed by atoms with Gasteiger partial charge >= 0.3 is 6.18 Å². The highest BCUT2D eigenvalue weighted by Crippen LogP contribution is 2.60. The third-order valence-electron chi connectivity index (χ3n) is 9.65. The lowest BCUT2D eigenvalue weighted by Crippen LogP contribution is -2.41. The molecule has 6 nitrogen and oxygen atoms in total. The number of fused-ring (bicyclic) bond motifs is 4. The van der Waals surface area contributed by atoms with E-state index < -0.39 is 29.7 Å². The van der Waals surface area contributed by atoms with Gasteiger partial charge in [0.1, 0.15) is 11.8 Å². The van der Waals surface area contributed by atoms with E-state index in [0.717, 1.165) is 72.7 Å². The molecule has 2 atom stereocenters. The largest absolute Gasteiger partial charge is 0.433 e. The highest BCUT2D eigenvalue weighted by Gasteiger charge is 2.54. The van der Waals surface area contributed by atoms with Crippen LogP contribution in [0.3, 0.4) is 0 Å². The minimum atomic E-state index is -4.51. The van der Waals surface area contributed by atoms with Crippen molar-refractivity contribution in [2.45, 2.75) is 87.7 Å². The van der Waals surface area contributed by atoms with Gasteiger partial charge in [0.25, 0.3) is 0 Å². The van der Waals surface area contributed by atoms with E-state index in [2.05, 4.69) is 4.98 Å². The van der Waals surface area contributed by atoms with Crippen LogP contribution in [0.25, 0.3) is 0 Å². The Morgan fingerprint density at radius 3 is 2.32 bits per heavy atom. The van der Waals surface area contributed by atoms with Crippen molar-refractivity contribution in [1.82, 2.24) is 9.97 Å². The fourth-order valence-electron chi connectivity index (χ4n) is 7.59. The smallest absolute Gasteiger partial charge is 0.388 e. The quantitative estimate of drug-likeness (QED) is 0.540. The second kappa shape index (κ2) is 8.98. The van der Waals surface area contributed by atoms with Crippen LogP contribution in [0.2, 0.25) is 0 Å². The van der Waals surface area contributed by atoms with Crippen LogP contribution >= 0.6 is 0 Å². The number of aliphatic hydroxyl groups excluding tert-OH is 1. The predicted molar refractivity (Wildman–Crippen MR) is 130 cm³/mol. The number of nitrogens with zero attached hydrogens (tertiary/aromatic N) is 2. The second-order valence-electron chi connectivity index (χ2n) is 11.9. The van der Waals surface area contributed by atoms with E-state index in [9.17, 15) is 18.3 Å². The molecule has 1 unspecified atom stereocenters. The highest BCUT2D eigenvalue weighted by molar-refractivity contribution is 5.54. The first-order valence-corrected chi connectivity index (χ1v) is 13.9. The molecule has 2 saturated heterocycles. The van der Waals surface area contributed by atoms with Gasteiger partial charge in [-0.2, -0.15) is 13.2 Å². The molecule has 7 rings (SSSR count). The van der Waals surface area contributed by atoms with Gasteiger partial charge in [-0.3, -0.25) is 9.97 Å². The van der Waals surface area contributed by atoms with Gasteiger partial charge in [0.2, 0.25) is 0 Å². The summed E-state index contributed by atoms with van der Waals surface area (Å²) in [7, 11) is 0. The monoisotopic (exact) mass is 530 g/mol. The summed E-state index contributed by atoms with van der Waals surface area (Å²) < 4.78 is 58.2. The lowest BCUT2D eigenvalue weighted by Gasteiger charge is -2.48. The van der Waals surface area contributed by atoms with Crippen LogP contribution in [0.5, 0.6) is 0 Å². The molecule has 1 N–H and O–H groups in total. The Morgan fingerprint density at radius 2 is 1.68 bits per heavy atom. The molecule has 2 aliphatic carbocycles. The van der Waals surface area contributed by atoms with Gasteiger partial charge in [-0.05, 0) is 55.6 Å². The lowest BCUT2D eigenvalue weighted by atomic mass is 9.58. The average Bonchev–Trinajstić information content (AvgIpc) is 3.21. The molecule has 0 radical (unpaired) electrons. The van der Waals surface area contributed by atoms with E-state index in [1.807, 2.05) is 0 Å². The summed E-state index contributed by atoms with van der Waals surface area (Å²) in [4.78, 5) is 9.08. The normalized spacial score (nSPS) is 28.2. The minimum Gasteiger partial charge on any atom is -0.388 e. The lowest BCUT2D eigenvalue weighted by molar-refractivity contribution is -0.141. The fraction of sp³-hybridized carbons (Fsp3) is 0.655. The molecule has 5 aliphatic rings. The van der Waals surface area contributed by atoms with E-state index in [1.54, 1.807) is 0 Å². The summed E-state index contributed by atoms with van der Waals surface area (Å²) in [6.07, 6.45) is 3.50. The van der Waals surface area contributed by atoms with Crippen molar-refractivity contribution in [2.24, 2.45) is 5.41 Å². The van der Waals surface area contributed by atoms with Crippen LogP contribution in [-0.4, -0.2) is 41.5 Å². The zero-order valence-electron chi connectivity index (χ0n) is 21.4. The molecule has 1 saturated carbocycles. The van der Waals surface area contributed by atoms with Crippen molar-refractivity contribution in [2.75, 3.05) is 26.4 Å². The van der Waals surface area contributed by atoms with Crippen molar-refractivity contribution >= 4 is 0 Å². The van der Waals surface area contributed by atoms with Crippen LogP contribution < -0.4 is 0 Å². The maximum absolute atomic E-state index is 13.3. The Hall–Kier alpha value is -2.07. The standard InChI is InChI=1S/C29H33F3N2O4/c30-29(31,32)21-3-2-18(16-33-21)26-23-24(28(38-26)8-12-37-13-9-28)22-19(14-27(6-1-7-27)15-20(22)35)34-25(23)17-4-10-36-11-5-17/h2-3,16-17,20,26,35H,1,4-15H2/t20?,26-/m1/s1. The Kier molecular flexibility index (Phi) is 5.89. The number of pyridine rings is 2. The van der Waals surface area contributed by atoms with E-state index in [4.69, 9.17) is 19.2 Å². The molecule has 9 heteroatoms. The zero-order valence-corrected chi connectivity index (χ0v) is 21.4. The number of rotatable bonds is 2. The highest BCUT2D eigenvalue weighted by atomic mass is 19.4. The third-order valence-corrected chi connectivity index (χ3v) is 9.65. The van der Waals surface area contributed by atoms with Gasteiger partial charge < -0.3 is 19.3 Å². The summed E-state index contributed by atoms with van der Waals surface area (Å²) in [5.41, 5.74) is 3.94. The van der Waals surface area contributed by atoms with Crippen molar-refractivity contribution in [1.29, 1.82) is 0 Å². The number of hydrogen-bond acceptors (Lipinski definition) is 6. The van der Waals surface area contributed by atoms with E-state index >= 15 is 0 Å². The molecule has 0 amide bonds. The Morgan fingerprint density at radius 1 is 0.947 bits per heavy atom. The van der Waals surface area contributed by atoms with Crippen LogP contribution in [0, 0.1) is 5.41 Å². The van der Waals surface area contributed by atoms with Gasteiger partial charge in [-0.1, -0.05) is 12.5 Å². The molecule has 204 valence electrons. The van der Waals surface area contributed by atoms with Gasteiger partial charge in [-0.15, -0.1) is 0 Å². The Labute approximate surface area is 219 Å². The van der Waals surface area contributed by atoms with Gasteiger partial charge in [0, 0.05) is 73.8 Å². The maximum atomic E-state index is 13.3. The molecule has 5 heterocycles. The van der Waals surface area contributed by atoms with Gasteiger partial charge in [-0.25, -0.2) is 0 Å². The molecular formula is C29H33F3N2O4. The van der Waals surface area contributed by atoms with Gasteiger partial charge in [0.05, 0.1) is 17.4 Å². The number of ether oxygens (including phenoxy) is 3. The minimum absolute atomic E-state index is 0.125. The SMILES string of the molecule is OC1CC2(CCC2)Cc2nc(C3CCOCC3)c3c(c21)C1(CCOCC1)O[C@@H]3c1ccc(C(F)(F)F)nc1. The van der Waals surface area contributed by atoms with E-state index in [1.165, 1.54) is 18.7 Å². The molecule has 3 fully saturated rings. The van der Waals surface area contributed by atoms with Crippen molar-refractivity contribution in [3.63, 3.8) is 0 Å². The number of alkyl halides is 3. The fourth-order valence-corrected chi connectivity index (χ4v) is 7.59. The second-order valence-corrected chi connectivity index (χ2v) is 11.9. The summed E-state index contributed by atoms with van der Waals surface area (Å²) in [6, 6.07) is 2.51.